The monoisotopic (exact) mass is 664 g/mol. The molecule has 43 heavy (non-hydrogen) atoms. The van der Waals surface area contributed by atoms with Crippen molar-refractivity contribution in [1.29, 1.82) is 0 Å². The number of thiol groups is 1. The Morgan fingerprint density at radius 3 is 2.16 bits per heavy atom. The van der Waals surface area contributed by atoms with Crippen molar-refractivity contribution in [2.45, 2.75) is 69.9 Å². The number of ether oxygens (including phenoxy) is 6. The van der Waals surface area contributed by atoms with Crippen LogP contribution in [-0.2, 0) is 23.7 Å². The Bertz CT molecular complexity index is 859. The third-order valence-corrected chi connectivity index (χ3v) is 9.49. The second-order valence-corrected chi connectivity index (χ2v) is 15.8. The van der Waals surface area contributed by atoms with Crippen LogP contribution in [0.5, 0.6) is 5.75 Å². The molecule has 250 valence electrons. The molecule has 9 nitrogen and oxygen atoms in total. The van der Waals surface area contributed by atoms with Gasteiger partial charge in [0.1, 0.15) is 12.4 Å². The highest BCUT2D eigenvalue weighted by molar-refractivity contribution is 8.77. The largest absolute Gasteiger partial charge is 0.490 e. The Kier molecular flexibility index (Phi) is 22.1. The lowest BCUT2D eigenvalue weighted by molar-refractivity contribution is -0.0275. The van der Waals surface area contributed by atoms with Crippen LogP contribution in [0.1, 0.15) is 65.2 Å². The molecule has 1 rings (SSSR count). The molecule has 0 saturated carbocycles. The molecule has 0 fully saturated rings. The minimum Gasteiger partial charge on any atom is -0.490 e. The molecule has 0 spiro atoms. The van der Waals surface area contributed by atoms with Gasteiger partial charge < -0.3 is 39.1 Å². The number of hydrogen-bond donors (Lipinski definition) is 3. The number of amides is 1. The fourth-order valence-electron chi connectivity index (χ4n) is 3.25. The third-order valence-electron chi connectivity index (χ3n) is 5.33. The lowest BCUT2D eigenvalue weighted by atomic mass is 10.2. The lowest BCUT2D eigenvalue weighted by Gasteiger charge is -2.31. The zero-order chi connectivity index (χ0) is 32.0. The lowest BCUT2D eigenvalue weighted by Crippen LogP contribution is -2.34. The Hall–Kier alpha value is -0.700. The van der Waals surface area contributed by atoms with Crippen LogP contribution >= 0.6 is 34.2 Å². The Morgan fingerprint density at radius 2 is 1.51 bits per heavy atom. The first-order valence-electron chi connectivity index (χ1n) is 15.1. The molecule has 2 N–H and O–H groups in total. The van der Waals surface area contributed by atoms with Crippen LogP contribution in [0.4, 0.5) is 0 Å². The zero-order valence-electron chi connectivity index (χ0n) is 27.3. The maximum atomic E-state index is 12.7. The van der Waals surface area contributed by atoms with E-state index in [1.165, 1.54) is 0 Å². The molecule has 0 heterocycles. The van der Waals surface area contributed by atoms with Gasteiger partial charge in [-0.1, -0.05) is 62.3 Å². The molecule has 1 aromatic carbocycles. The van der Waals surface area contributed by atoms with Gasteiger partial charge in [-0.05, 0) is 50.9 Å². The van der Waals surface area contributed by atoms with Crippen molar-refractivity contribution in [1.82, 2.24) is 10.6 Å². The molecule has 0 radical (unpaired) electrons. The van der Waals surface area contributed by atoms with Gasteiger partial charge in [0, 0.05) is 35.4 Å². The van der Waals surface area contributed by atoms with Crippen molar-refractivity contribution in [3.05, 3.63) is 29.8 Å². The van der Waals surface area contributed by atoms with Crippen molar-refractivity contribution in [3.63, 3.8) is 0 Å². The summed E-state index contributed by atoms with van der Waals surface area (Å²) in [7, 11) is 3.41. The zero-order valence-corrected chi connectivity index (χ0v) is 29.8. The van der Waals surface area contributed by atoms with E-state index in [0.29, 0.717) is 89.8 Å². The van der Waals surface area contributed by atoms with Crippen molar-refractivity contribution >= 4 is 40.1 Å². The highest BCUT2D eigenvalue weighted by atomic mass is 33.1. The summed E-state index contributed by atoms with van der Waals surface area (Å²) in [5.74, 6) is 0.917. The van der Waals surface area contributed by atoms with Crippen LogP contribution in [0.2, 0.25) is 0 Å². The van der Waals surface area contributed by atoms with Gasteiger partial charge >= 0.3 is 0 Å². The Labute approximate surface area is 273 Å². The van der Waals surface area contributed by atoms with Gasteiger partial charge in [0.05, 0.1) is 46.2 Å². The van der Waals surface area contributed by atoms with E-state index < -0.39 is 4.93 Å². The van der Waals surface area contributed by atoms with E-state index in [-0.39, 0.29) is 16.0 Å². The summed E-state index contributed by atoms with van der Waals surface area (Å²) in [4.78, 5) is 12.1. The highest BCUT2D eigenvalue weighted by Gasteiger charge is 2.30. The van der Waals surface area contributed by atoms with Crippen molar-refractivity contribution in [2.24, 2.45) is 5.92 Å². The molecule has 0 saturated heterocycles. The summed E-state index contributed by atoms with van der Waals surface area (Å²) in [6.45, 7) is 21.2. The molecule has 0 aliphatic carbocycles. The number of hydrogen-bond acceptors (Lipinski definition) is 11. The second kappa shape index (κ2) is 23.6. The van der Waals surface area contributed by atoms with E-state index in [2.05, 4.69) is 57.9 Å². The van der Waals surface area contributed by atoms with Crippen LogP contribution < -0.4 is 15.4 Å². The minimum atomic E-state index is -0.589. The summed E-state index contributed by atoms with van der Waals surface area (Å²) in [5, 5.41) is 6.31. The topological polar surface area (TPSA) is 96.5 Å². The molecule has 2 unspecified atom stereocenters. The molecule has 12 heteroatoms. The summed E-state index contributed by atoms with van der Waals surface area (Å²) in [6, 6.07) is 7.18. The van der Waals surface area contributed by atoms with E-state index in [0.717, 1.165) is 13.0 Å². The standard InChI is InChI=1S/C31H56N2O7S3/c1-25(2)23-38-20-21-40-31(7,43-42-30(4,5)6)24-39-28-11-8-10-27(22-28)29(34)33-13-15-36-17-19-37-18-16-35-14-9-12-32-26(3)41/h8,10-11,22,25-26,32,41H,9,12-21,23-24H2,1-7H3,(H,33,34). The number of benzene rings is 1. The van der Waals surface area contributed by atoms with E-state index in [1.807, 2.05) is 26.0 Å². The molecule has 1 amide bonds. The van der Waals surface area contributed by atoms with Gasteiger partial charge in [-0.3, -0.25) is 4.79 Å². The summed E-state index contributed by atoms with van der Waals surface area (Å²) in [6.07, 6.45) is 0.941. The van der Waals surface area contributed by atoms with Crippen LogP contribution in [0.15, 0.2) is 24.3 Å². The summed E-state index contributed by atoms with van der Waals surface area (Å²) in [5.41, 5.74) is 0.526. The van der Waals surface area contributed by atoms with Crippen molar-refractivity contribution in [3.8, 4) is 5.75 Å². The van der Waals surface area contributed by atoms with Gasteiger partial charge in [0.2, 0.25) is 0 Å². The highest BCUT2D eigenvalue weighted by Crippen LogP contribution is 2.44. The van der Waals surface area contributed by atoms with E-state index >= 15 is 0 Å². The van der Waals surface area contributed by atoms with Crippen LogP contribution in [-0.4, -0.2) is 100 Å². The number of rotatable bonds is 26. The SMILES string of the molecule is CC(C)COCCOC(C)(COc1cccc(C(=O)NCCOCCOCCOCCCNC(C)S)c1)SSC(C)(C)C. The van der Waals surface area contributed by atoms with Crippen molar-refractivity contribution in [2.75, 3.05) is 79.2 Å². The van der Waals surface area contributed by atoms with E-state index in [9.17, 15) is 4.79 Å². The van der Waals surface area contributed by atoms with E-state index in [1.54, 1.807) is 33.7 Å². The van der Waals surface area contributed by atoms with Gasteiger partial charge in [-0.2, -0.15) is 12.6 Å². The van der Waals surface area contributed by atoms with Gasteiger partial charge in [0.25, 0.3) is 5.91 Å². The van der Waals surface area contributed by atoms with Gasteiger partial charge in [-0.25, -0.2) is 0 Å². The van der Waals surface area contributed by atoms with Gasteiger partial charge in [0.15, 0.2) is 4.93 Å². The number of nitrogens with one attached hydrogen (secondary N) is 2. The molecule has 0 aromatic heterocycles. The van der Waals surface area contributed by atoms with Crippen LogP contribution in [0.25, 0.3) is 0 Å². The average molecular weight is 665 g/mol. The third kappa shape index (κ3) is 23.3. The first kappa shape index (κ1) is 40.3. The Morgan fingerprint density at radius 1 is 0.860 bits per heavy atom. The molecule has 2 atom stereocenters. The predicted octanol–water partition coefficient (Wildman–Crippen LogP) is 5.69. The van der Waals surface area contributed by atoms with Gasteiger partial charge in [-0.15, -0.1) is 0 Å². The normalized spacial score (nSPS) is 14.1. The van der Waals surface area contributed by atoms with Crippen molar-refractivity contribution < 1.29 is 33.2 Å². The second-order valence-electron chi connectivity index (χ2n) is 11.6. The molecule has 0 aliphatic rings. The molecule has 1 aromatic rings. The summed E-state index contributed by atoms with van der Waals surface area (Å²) >= 11 is 4.27. The molecule has 0 aliphatic heterocycles. The maximum Gasteiger partial charge on any atom is 0.251 e. The minimum absolute atomic E-state index is 0.0654. The molecular formula is C31H56N2O7S3. The number of carbonyl (C=O) groups excluding carboxylic acids is 1. The smallest absolute Gasteiger partial charge is 0.251 e. The summed E-state index contributed by atoms with van der Waals surface area (Å²) < 4.78 is 34.7. The Balaban J connectivity index is 2.32. The first-order chi connectivity index (χ1) is 20.4. The molecule has 0 bridgehead atoms. The fourth-order valence-corrected chi connectivity index (χ4v) is 5.61. The number of carbonyl (C=O) groups is 1. The quantitative estimate of drug-likeness (QED) is 0.0497. The fraction of sp³-hybridized carbons (Fsp3) is 0.774. The van der Waals surface area contributed by atoms with E-state index in [4.69, 9.17) is 28.4 Å². The molecular weight excluding hydrogens is 609 g/mol. The van der Waals surface area contributed by atoms with Crippen LogP contribution in [0, 0.1) is 5.92 Å². The first-order valence-corrected chi connectivity index (χ1v) is 17.8. The van der Waals surface area contributed by atoms with Crippen LogP contribution in [0.3, 0.4) is 0 Å². The average Bonchev–Trinajstić information content (AvgIpc) is 2.94. The maximum absolute atomic E-state index is 12.7. The predicted molar refractivity (Wildman–Crippen MR) is 183 cm³/mol.